The highest BCUT2D eigenvalue weighted by Gasteiger charge is 2.18. The van der Waals surface area contributed by atoms with Gasteiger partial charge in [0.15, 0.2) is 0 Å². The van der Waals surface area contributed by atoms with Crippen LogP contribution in [0.1, 0.15) is 73.1 Å². The van der Waals surface area contributed by atoms with Crippen molar-refractivity contribution in [2.75, 3.05) is 0 Å². The molecule has 0 spiro atoms. The molecule has 21 heavy (non-hydrogen) atoms. The molecule has 0 aromatic heterocycles. The number of carbonyl (C=O) groups is 2. The summed E-state index contributed by atoms with van der Waals surface area (Å²) in [5, 5.41) is 9.06. The smallest absolute Gasteiger partial charge is 0.339 e. The first-order valence-electron chi connectivity index (χ1n) is 7.59. The highest BCUT2D eigenvalue weighted by Crippen LogP contribution is 2.14. The molecule has 0 aliphatic carbocycles. The number of unbranched alkanes of at least 4 members (excludes halogenated alkanes) is 4. The molecule has 0 saturated heterocycles. The van der Waals surface area contributed by atoms with Gasteiger partial charge < -0.3 is 9.84 Å². The van der Waals surface area contributed by atoms with Gasteiger partial charge in [0.25, 0.3) is 0 Å². The average molecular weight is 292 g/mol. The molecule has 1 N–H and O–H groups in total. The van der Waals surface area contributed by atoms with Crippen molar-refractivity contribution >= 4 is 11.9 Å². The number of carboxylic acids is 1. The third-order valence-electron chi connectivity index (χ3n) is 3.40. The molecule has 0 aliphatic heterocycles. The molecule has 0 bridgehead atoms. The van der Waals surface area contributed by atoms with E-state index in [4.69, 9.17) is 9.84 Å². The van der Waals surface area contributed by atoms with Crippen LogP contribution in [0.3, 0.4) is 0 Å². The van der Waals surface area contributed by atoms with Crippen LogP contribution in [0.5, 0.6) is 0 Å². The third-order valence-corrected chi connectivity index (χ3v) is 3.40. The fourth-order valence-corrected chi connectivity index (χ4v) is 2.19. The summed E-state index contributed by atoms with van der Waals surface area (Å²) in [6.07, 6.45) is 6.43. The number of aromatic carboxylic acids is 1. The third kappa shape index (κ3) is 5.98. The fraction of sp³-hybridized carbons (Fsp3) is 0.529. The molecule has 1 atom stereocenters. The molecular weight excluding hydrogens is 268 g/mol. The second-order valence-corrected chi connectivity index (χ2v) is 5.27. The molecule has 1 rings (SSSR count). The lowest BCUT2D eigenvalue weighted by Gasteiger charge is -2.14. The number of rotatable bonds is 9. The quantitative estimate of drug-likeness (QED) is 0.544. The maximum absolute atomic E-state index is 12.0. The van der Waals surface area contributed by atoms with Crippen LogP contribution in [0.2, 0.25) is 0 Å². The van der Waals surface area contributed by atoms with Crippen molar-refractivity contribution in [3.05, 3.63) is 35.4 Å². The van der Waals surface area contributed by atoms with Gasteiger partial charge in [0, 0.05) is 0 Å². The average Bonchev–Trinajstić information content (AvgIpc) is 2.47. The summed E-state index contributed by atoms with van der Waals surface area (Å²) >= 11 is 0. The summed E-state index contributed by atoms with van der Waals surface area (Å²) in [6.45, 7) is 4.02. The molecule has 0 unspecified atom stereocenters. The van der Waals surface area contributed by atoms with E-state index in [0.29, 0.717) is 0 Å². The Balaban J connectivity index is 2.47. The van der Waals surface area contributed by atoms with Crippen molar-refractivity contribution in [1.82, 2.24) is 0 Å². The second-order valence-electron chi connectivity index (χ2n) is 5.27. The van der Waals surface area contributed by atoms with Crippen LogP contribution < -0.4 is 0 Å². The van der Waals surface area contributed by atoms with Gasteiger partial charge in [-0.25, -0.2) is 9.59 Å². The highest BCUT2D eigenvalue weighted by atomic mass is 16.5. The van der Waals surface area contributed by atoms with Gasteiger partial charge in [0.05, 0.1) is 17.2 Å². The summed E-state index contributed by atoms with van der Waals surface area (Å²) in [7, 11) is 0. The summed E-state index contributed by atoms with van der Waals surface area (Å²) in [4.78, 5) is 23.1. The van der Waals surface area contributed by atoms with Crippen LogP contribution in [0.25, 0.3) is 0 Å². The number of carbonyl (C=O) groups excluding carboxylic acids is 1. The number of benzene rings is 1. The minimum absolute atomic E-state index is 0.0161. The van der Waals surface area contributed by atoms with E-state index in [-0.39, 0.29) is 17.2 Å². The molecule has 0 heterocycles. The minimum atomic E-state index is -1.12. The summed E-state index contributed by atoms with van der Waals surface area (Å²) in [5.41, 5.74) is 0.0977. The Morgan fingerprint density at radius 3 is 2.33 bits per heavy atom. The summed E-state index contributed by atoms with van der Waals surface area (Å²) in [6, 6.07) is 6.13. The van der Waals surface area contributed by atoms with Crippen LogP contribution in [-0.4, -0.2) is 23.1 Å². The van der Waals surface area contributed by atoms with E-state index in [1.54, 1.807) is 12.1 Å². The van der Waals surface area contributed by atoms with Gasteiger partial charge in [-0.1, -0.05) is 44.7 Å². The van der Waals surface area contributed by atoms with Crippen molar-refractivity contribution in [3.63, 3.8) is 0 Å². The number of esters is 1. The van der Waals surface area contributed by atoms with Crippen molar-refractivity contribution in [1.29, 1.82) is 0 Å². The number of hydrogen-bond acceptors (Lipinski definition) is 3. The van der Waals surface area contributed by atoms with Crippen molar-refractivity contribution in [2.45, 2.75) is 58.5 Å². The molecule has 0 aliphatic rings. The van der Waals surface area contributed by atoms with Crippen LogP contribution >= 0.6 is 0 Å². The maximum Gasteiger partial charge on any atom is 0.339 e. The standard InChI is InChI=1S/C17H24O4/c1-3-4-5-6-7-10-13(2)21-17(20)15-12-9-8-11-14(15)16(18)19/h8-9,11-13H,3-7,10H2,1-2H3,(H,18,19)/t13-/m0/s1. The SMILES string of the molecule is CCCCCCC[C@H](C)OC(=O)c1ccccc1C(=O)O. The lowest BCUT2D eigenvalue weighted by atomic mass is 10.1. The first kappa shape index (κ1) is 17.2. The predicted octanol–water partition coefficient (Wildman–Crippen LogP) is 4.29. The van der Waals surface area contributed by atoms with Gasteiger partial charge in [-0.2, -0.15) is 0 Å². The van der Waals surface area contributed by atoms with E-state index in [0.717, 1.165) is 19.3 Å². The van der Waals surface area contributed by atoms with Crippen LogP contribution in [0.15, 0.2) is 24.3 Å². The monoisotopic (exact) mass is 292 g/mol. The highest BCUT2D eigenvalue weighted by molar-refractivity contribution is 6.02. The molecule has 0 fully saturated rings. The van der Waals surface area contributed by atoms with Gasteiger partial charge in [-0.3, -0.25) is 0 Å². The van der Waals surface area contributed by atoms with Crippen LogP contribution in [0.4, 0.5) is 0 Å². The van der Waals surface area contributed by atoms with E-state index >= 15 is 0 Å². The maximum atomic E-state index is 12.0. The lowest BCUT2D eigenvalue weighted by molar-refractivity contribution is 0.0313. The van der Waals surface area contributed by atoms with Gasteiger partial charge in [-0.15, -0.1) is 0 Å². The van der Waals surface area contributed by atoms with E-state index in [9.17, 15) is 9.59 Å². The largest absolute Gasteiger partial charge is 0.478 e. The van der Waals surface area contributed by atoms with E-state index in [1.165, 1.54) is 31.4 Å². The molecular formula is C17H24O4. The topological polar surface area (TPSA) is 63.6 Å². The first-order valence-corrected chi connectivity index (χ1v) is 7.59. The lowest BCUT2D eigenvalue weighted by Crippen LogP contribution is -2.17. The molecule has 1 aromatic carbocycles. The predicted molar refractivity (Wildman–Crippen MR) is 81.7 cm³/mol. The molecule has 0 saturated carbocycles. The van der Waals surface area contributed by atoms with Crippen molar-refractivity contribution in [2.24, 2.45) is 0 Å². The first-order chi connectivity index (χ1) is 10.1. The van der Waals surface area contributed by atoms with Crippen molar-refractivity contribution in [3.8, 4) is 0 Å². The Hall–Kier alpha value is -1.84. The second kappa shape index (κ2) is 9.16. The zero-order valence-corrected chi connectivity index (χ0v) is 12.8. The Bertz CT molecular complexity index is 468. The molecule has 0 amide bonds. The molecule has 4 heteroatoms. The Kier molecular flexibility index (Phi) is 7.51. The van der Waals surface area contributed by atoms with E-state index < -0.39 is 11.9 Å². The van der Waals surface area contributed by atoms with Crippen LogP contribution in [-0.2, 0) is 4.74 Å². The normalized spacial score (nSPS) is 11.9. The molecule has 4 nitrogen and oxygen atoms in total. The van der Waals surface area contributed by atoms with E-state index in [1.807, 2.05) is 6.92 Å². The van der Waals surface area contributed by atoms with Crippen molar-refractivity contribution < 1.29 is 19.4 Å². The Morgan fingerprint density at radius 2 is 1.71 bits per heavy atom. The van der Waals surface area contributed by atoms with Gasteiger partial charge in [0.2, 0.25) is 0 Å². The fourth-order valence-electron chi connectivity index (χ4n) is 2.19. The van der Waals surface area contributed by atoms with Gasteiger partial charge >= 0.3 is 11.9 Å². The molecule has 1 aromatic rings. The molecule has 116 valence electrons. The number of carboxylic acid groups (broad SMARTS) is 1. The summed E-state index contributed by atoms with van der Waals surface area (Å²) < 4.78 is 5.33. The van der Waals surface area contributed by atoms with Gasteiger partial charge in [-0.05, 0) is 31.9 Å². The Morgan fingerprint density at radius 1 is 1.10 bits per heavy atom. The summed E-state index contributed by atoms with van der Waals surface area (Å²) in [5.74, 6) is -1.68. The number of hydrogen-bond donors (Lipinski definition) is 1. The zero-order chi connectivity index (χ0) is 15.7. The zero-order valence-electron chi connectivity index (χ0n) is 12.8. The van der Waals surface area contributed by atoms with E-state index in [2.05, 4.69) is 6.92 Å². The molecule has 0 radical (unpaired) electrons. The van der Waals surface area contributed by atoms with Crippen LogP contribution in [0, 0.1) is 0 Å². The minimum Gasteiger partial charge on any atom is -0.478 e. The number of ether oxygens (including phenoxy) is 1. The van der Waals surface area contributed by atoms with Gasteiger partial charge in [0.1, 0.15) is 0 Å². The Labute approximate surface area is 126 Å².